The van der Waals surface area contributed by atoms with Gasteiger partial charge in [-0.2, -0.15) is 0 Å². The third-order valence-corrected chi connectivity index (χ3v) is 3.09. The standard InChI is InChI=1S/C15H25NO/c1-5-10-16-14(12(2)3)11-13-8-6-7-9-15(13)17-4/h6-9,12,14,16H,5,10-11H2,1-4H3. The number of para-hydroxylation sites is 1. The van der Waals surface area contributed by atoms with Crippen LogP contribution in [-0.4, -0.2) is 19.7 Å². The Hall–Kier alpha value is -1.02. The second-order valence-corrected chi connectivity index (χ2v) is 4.82. The first-order chi connectivity index (χ1) is 8.19. The molecular weight excluding hydrogens is 210 g/mol. The molecule has 0 fully saturated rings. The molecule has 0 aliphatic rings. The van der Waals surface area contributed by atoms with Crippen LogP contribution in [0.3, 0.4) is 0 Å². The number of hydrogen-bond acceptors (Lipinski definition) is 2. The lowest BCUT2D eigenvalue weighted by atomic mass is 9.96. The van der Waals surface area contributed by atoms with Crippen molar-refractivity contribution in [3.63, 3.8) is 0 Å². The van der Waals surface area contributed by atoms with Gasteiger partial charge in [0.25, 0.3) is 0 Å². The summed E-state index contributed by atoms with van der Waals surface area (Å²) >= 11 is 0. The molecule has 2 nitrogen and oxygen atoms in total. The van der Waals surface area contributed by atoms with Gasteiger partial charge < -0.3 is 10.1 Å². The molecule has 96 valence electrons. The molecule has 0 aromatic heterocycles. The van der Waals surface area contributed by atoms with Gasteiger partial charge in [0, 0.05) is 6.04 Å². The number of nitrogens with one attached hydrogen (secondary N) is 1. The molecule has 0 saturated heterocycles. The maximum atomic E-state index is 5.40. The Labute approximate surface area is 105 Å². The molecule has 0 bridgehead atoms. The summed E-state index contributed by atoms with van der Waals surface area (Å²) in [6.07, 6.45) is 2.21. The largest absolute Gasteiger partial charge is 0.496 e. The summed E-state index contributed by atoms with van der Waals surface area (Å²) < 4.78 is 5.40. The fourth-order valence-corrected chi connectivity index (χ4v) is 1.98. The van der Waals surface area contributed by atoms with Crippen LogP contribution in [0, 0.1) is 5.92 Å². The molecule has 1 aromatic rings. The molecule has 0 radical (unpaired) electrons. The van der Waals surface area contributed by atoms with Crippen molar-refractivity contribution in [3.8, 4) is 5.75 Å². The van der Waals surface area contributed by atoms with E-state index >= 15 is 0 Å². The molecule has 0 saturated carbocycles. The highest BCUT2D eigenvalue weighted by Crippen LogP contribution is 2.20. The average Bonchev–Trinajstić information content (AvgIpc) is 2.34. The predicted octanol–water partition coefficient (Wildman–Crippen LogP) is 3.26. The molecule has 0 spiro atoms. The summed E-state index contributed by atoms with van der Waals surface area (Å²) in [4.78, 5) is 0. The van der Waals surface area contributed by atoms with Crippen molar-refractivity contribution in [2.45, 2.75) is 39.7 Å². The summed E-state index contributed by atoms with van der Waals surface area (Å²) in [5.74, 6) is 1.63. The summed E-state index contributed by atoms with van der Waals surface area (Å²) in [7, 11) is 1.74. The zero-order valence-electron chi connectivity index (χ0n) is 11.5. The number of rotatable bonds is 7. The summed E-state index contributed by atoms with van der Waals surface area (Å²) in [6, 6.07) is 8.81. The molecule has 0 amide bonds. The third kappa shape index (κ3) is 4.39. The van der Waals surface area contributed by atoms with Crippen LogP contribution >= 0.6 is 0 Å². The van der Waals surface area contributed by atoms with Gasteiger partial charge in [0.15, 0.2) is 0 Å². The fraction of sp³-hybridized carbons (Fsp3) is 0.600. The monoisotopic (exact) mass is 235 g/mol. The minimum Gasteiger partial charge on any atom is -0.496 e. The average molecular weight is 235 g/mol. The van der Waals surface area contributed by atoms with Crippen LogP contribution in [0.2, 0.25) is 0 Å². The minimum atomic E-state index is 0.520. The van der Waals surface area contributed by atoms with E-state index < -0.39 is 0 Å². The number of hydrogen-bond donors (Lipinski definition) is 1. The molecule has 17 heavy (non-hydrogen) atoms. The van der Waals surface area contributed by atoms with E-state index in [9.17, 15) is 0 Å². The lowest BCUT2D eigenvalue weighted by Crippen LogP contribution is -2.36. The Morgan fingerprint density at radius 2 is 1.94 bits per heavy atom. The maximum Gasteiger partial charge on any atom is 0.122 e. The number of benzene rings is 1. The maximum absolute atomic E-state index is 5.40. The fourth-order valence-electron chi connectivity index (χ4n) is 1.98. The molecule has 2 heteroatoms. The van der Waals surface area contributed by atoms with Crippen molar-refractivity contribution in [2.75, 3.05) is 13.7 Å². The van der Waals surface area contributed by atoms with E-state index in [1.165, 1.54) is 12.0 Å². The summed E-state index contributed by atoms with van der Waals surface area (Å²) in [5.41, 5.74) is 1.29. The zero-order valence-corrected chi connectivity index (χ0v) is 11.5. The Balaban J connectivity index is 2.71. The predicted molar refractivity (Wildman–Crippen MR) is 73.6 cm³/mol. The van der Waals surface area contributed by atoms with Crippen molar-refractivity contribution >= 4 is 0 Å². The molecule has 1 atom stereocenters. The highest BCUT2D eigenvalue weighted by atomic mass is 16.5. The van der Waals surface area contributed by atoms with E-state index in [1.807, 2.05) is 12.1 Å². The molecular formula is C15H25NO. The Morgan fingerprint density at radius 1 is 1.24 bits per heavy atom. The quantitative estimate of drug-likeness (QED) is 0.783. The number of ether oxygens (including phenoxy) is 1. The molecule has 1 aromatic carbocycles. The number of methoxy groups -OCH3 is 1. The molecule has 0 aliphatic heterocycles. The molecule has 1 rings (SSSR count). The Kier molecular flexibility index (Phi) is 6.06. The molecule has 1 unspecified atom stereocenters. The van der Waals surface area contributed by atoms with Gasteiger partial charge >= 0.3 is 0 Å². The normalized spacial score (nSPS) is 12.8. The molecule has 1 N–H and O–H groups in total. The van der Waals surface area contributed by atoms with E-state index in [0.717, 1.165) is 18.7 Å². The van der Waals surface area contributed by atoms with E-state index in [1.54, 1.807) is 7.11 Å². The van der Waals surface area contributed by atoms with E-state index in [2.05, 4.69) is 38.2 Å². The van der Waals surface area contributed by atoms with Gasteiger partial charge in [0.05, 0.1) is 7.11 Å². The van der Waals surface area contributed by atoms with Gasteiger partial charge in [0.1, 0.15) is 5.75 Å². The lowest BCUT2D eigenvalue weighted by Gasteiger charge is -2.23. The first kappa shape index (κ1) is 14.0. The van der Waals surface area contributed by atoms with Crippen LogP contribution in [0.15, 0.2) is 24.3 Å². The smallest absolute Gasteiger partial charge is 0.122 e. The van der Waals surface area contributed by atoms with Crippen LogP contribution in [0.4, 0.5) is 0 Å². The van der Waals surface area contributed by atoms with Crippen molar-refractivity contribution in [3.05, 3.63) is 29.8 Å². The van der Waals surface area contributed by atoms with Gasteiger partial charge in [0.2, 0.25) is 0 Å². The van der Waals surface area contributed by atoms with Gasteiger partial charge in [-0.15, -0.1) is 0 Å². The lowest BCUT2D eigenvalue weighted by molar-refractivity contribution is 0.379. The minimum absolute atomic E-state index is 0.520. The summed E-state index contributed by atoms with van der Waals surface area (Å²) in [6.45, 7) is 7.82. The highest BCUT2D eigenvalue weighted by Gasteiger charge is 2.14. The van der Waals surface area contributed by atoms with Gasteiger partial charge in [-0.25, -0.2) is 0 Å². The Morgan fingerprint density at radius 3 is 2.53 bits per heavy atom. The Bertz CT molecular complexity index is 322. The SMILES string of the molecule is CCCNC(Cc1ccccc1OC)C(C)C. The first-order valence-electron chi connectivity index (χ1n) is 6.54. The molecule has 0 heterocycles. The summed E-state index contributed by atoms with van der Waals surface area (Å²) in [5, 5.41) is 3.61. The third-order valence-electron chi connectivity index (χ3n) is 3.09. The second kappa shape index (κ2) is 7.33. The van der Waals surface area contributed by atoms with Gasteiger partial charge in [-0.3, -0.25) is 0 Å². The van der Waals surface area contributed by atoms with E-state index in [0.29, 0.717) is 12.0 Å². The van der Waals surface area contributed by atoms with Crippen LogP contribution in [0.1, 0.15) is 32.8 Å². The van der Waals surface area contributed by atoms with Crippen LogP contribution in [-0.2, 0) is 6.42 Å². The first-order valence-corrected chi connectivity index (χ1v) is 6.54. The van der Waals surface area contributed by atoms with E-state index in [4.69, 9.17) is 4.74 Å². The van der Waals surface area contributed by atoms with Crippen LogP contribution in [0.25, 0.3) is 0 Å². The topological polar surface area (TPSA) is 21.3 Å². The van der Waals surface area contributed by atoms with Gasteiger partial charge in [-0.1, -0.05) is 39.0 Å². The van der Waals surface area contributed by atoms with Gasteiger partial charge in [-0.05, 0) is 36.9 Å². The van der Waals surface area contributed by atoms with Crippen molar-refractivity contribution in [1.82, 2.24) is 5.32 Å². The van der Waals surface area contributed by atoms with Crippen molar-refractivity contribution in [1.29, 1.82) is 0 Å². The zero-order chi connectivity index (χ0) is 12.7. The van der Waals surface area contributed by atoms with Crippen molar-refractivity contribution in [2.24, 2.45) is 5.92 Å². The van der Waals surface area contributed by atoms with Crippen LogP contribution < -0.4 is 10.1 Å². The second-order valence-electron chi connectivity index (χ2n) is 4.82. The van der Waals surface area contributed by atoms with Crippen molar-refractivity contribution < 1.29 is 4.74 Å². The highest BCUT2D eigenvalue weighted by molar-refractivity contribution is 5.33. The molecule has 0 aliphatic carbocycles. The van der Waals surface area contributed by atoms with Crippen LogP contribution in [0.5, 0.6) is 5.75 Å². The van der Waals surface area contributed by atoms with E-state index in [-0.39, 0.29) is 0 Å².